The Morgan fingerprint density at radius 1 is 1.16 bits per heavy atom. The van der Waals surface area contributed by atoms with Gasteiger partial charge in [0.2, 0.25) is 0 Å². The van der Waals surface area contributed by atoms with Crippen molar-refractivity contribution in [2.75, 3.05) is 33.2 Å². The zero-order chi connectivity index (χ0) is 13.1. The summed E-state index contributed by atoms with van der Waals surface area (Å²) in [6.07, 6.45) is 8.07. The van der Waals surface area contributed by atoms with E-state index in [1.807, 2.05) is 18.5 Å². The van der Waals surface area contributed by atoms with Gasteiger partial charge in [-0.3, -0.25) is 9.88 Å². The molecule has 3 heterocycles. The van der Waals surface area contributed by atoms with Crippen LogP contribution in [0, 0.1) is 11.8 Å². The fourth-order valence-electron chi connectivity index (χ4n) is 3.64. The van der Waals surface area contributed by atoms with Crippen LogP contribution in [-0.4, -0.2) is 48.0 Å². The van der Waals surface area contributed by atoms with Crippen LogP contribution >= 0.6 is 0 Å². The predicted molar refractivity (Wildman–Crippen MR) is 77.8 cm³/mol. The van der Waals surface area contributed by atoms with Gasteiger partial charge in [-0.05, 0) is 69.4 Å². The SMILES string of the molecule is CN1CCC(C2CCN(Cc3cccnc3)C2)CC1. The first-order valence-corrected chi connectivity index (χ1v) is 7.61. The molecule has 2 aliphatic heterocycles. The van der Waals surface area contributed by atoms with Gasteiger partial charge in [0.15, 0.2) is 0 Å². The molecule has 1 aromatic heterocycles. The van der Waals surface area contributed by atoms with Crippen molar-refractivity contribution in [3.63, 3.8) is 0 Å². The third-order valence-corrected chi connectivity index (χ3v) is 4.87. The average Bonchev–Trinajstić information content (AvgIpc) is 2.89. The molecule has 2 saturated heterocycles. The molecule has 3 nitrogen and oxygen atoms in total. The number of hydrogen-bond acceptors (Lipinski definition) is 3. The normalized spacial score (nSPS) is 26.9. The van der Waals surface area contributed by atoms with E-state index in [9.17, 15) is 0 Å². The standard InChI is InChI=1S/C16H25N3/c1-18-8-4-15(5-9-18)16-6-10-19(13-16)12-14-3-2-7-17-11-14/h2-3,7,11,15-16H,4-6,8-10,12-13H2,1H3. The molecule has 0 bridgehead atoms. The molecule has 0 saturated carbocycles. The highest BCUT2D eigenvalue weighted by Gasteiger charge is 2.31. The van der Waals surface area contributed by atoms with Crippen LogP contribution in [0.3, 0.4) is 0 Å². The Bertz CT molecular complexity index is 384. The second-order valence-electron chi connectivity index (χ2n) is 6.29. The van der Waals surface area contributed by atoms with E-state index in [4.69, 9.17) is 0 Å². The van der Waals surface area contributed by atoms with Gasteiger partial charge in [-0.2, -0.15) is 0 Å². The maximum Gasteiger partial charge on any atom is 0.0312 e. The molecule has 0 N–H and O–H groups in total. The minimum absolute atomic E-state index is 0.936. The Morgan fingerprint density at radius 2 is 1.95 bits per heavy atom. The first-order valence-electron chi connectivity index (χ1n) is 7.61. The molecular formula is C16H25N3. The molecule has 0 amide bonds. The van der Waals surface area contributed by atoms with Crippen molar-refractivity contribution in [2.24, 2.45) is 11.8 Å². The van der Waals surface area contributed by atoms with Gasteiger partial charge < -0.3 is 4.90 Å². The lowest BCUT2D eigenvalue weighted by Gasteiger charge is -2.32. The van der Waals surface area contributed by atoms with Gasteiger partial charge in [-0.15, -0.1) is 0 Å². The highest BCUT2D eigenvalue weighted by atomic mass is 15.1. The topological polar surface area (TPSA) is 19.4 Å². The van der Waals surface area contributed by atoms with Gasteiger partial charge >= 0.3 is 0 Å². The quantitative estimate of drug-likeness (QED) is 0.830. The molecule has 3 rings (SSSR count). The highest BCUT2D eigenvalue weighted by Crippen LogP contribution is 2.31. The van der Waals surface area contributed by atoms with Gasteiger partial charge in [0.1, 0.15) is 0 Å². The fraction of sp³-hybridized carbons (Fsp3) is 0.688. The number of rotatable bonds is 3. The van der Waals surface area contributed by atoms with Crippen molar-refractivity contribution in [1.82, 2.24) is 14.8 Å². The van der Waals surface area contributed by atoms with Crippen LogP contribution in [-0.2, 0) is 6.54 Å². The zero-order valence-electron chi connectivity index (χ0n) is 12.0. The van der Waals surface area contributed by atoms with E-state index in [1.165, 1.54) is 51.0 Å². The van der Waals surface area contributed by atoms with E-state index in [1.54, 1.807) is 0 Å². The van der Waals surface area contributed by atoms with Gasteiger partial charge in [-0.25, -0.2) is 0 Å². The predicted octanol–water partition coefficient (Wildman–Crippen LogP) is 2.25. The maximum atomic E-state index is 4.21. The lowest BCUT2D eigenvalue weighted by atomic mass is 9.84. The minimum atomic E-state index is 0.936. The molecule has 3 heteroatoms. The van der Waals surface area contributed by atoms with Crippen LogP contribution in [0.5, 0.6) is 0 Å². The second-order valence-corrected chi connectivity index (χ2v) is 6.29. The van der Waals surface area contributed by atoms with Crippen molar-refractivity contribution < 1.29 is 0 Å². The molecule has 2 aliphatic rings. The molecule has 0 aliphatic carbocycles. The molecule has 0 spiro atoms. The first kappa shape index (κ1) is 13.1. The summed E-state index contributed by atoms with van der Waals surface area (Å²) in [4.78, 5) is 9.29. The fourth-order valence-corrected chi connectivity index (χ4v) is 3.64. The molecule has 104 valence electrons. The number of pyridine rings is 1. The lowest BCUT2D eigenvalue weighted by molar-refractivity contribution is 0.169. The molecule has 0 radical (unpaired) electrons. The van der Waals surface area contributed by atoms with Crippen molar-refractivity contribution in [2.45, 2.75) is 25.8 Å². The second kappa shape index (κ2) is 6.02. The van der Waals surface area contributed by atoms with E-state index in [-0.39, 0.29) is 0 Å². The smallest absolute Gasteiger partial charge is 0.0312 e. The van der Waals surface area contributed by atoms with Crippen molar-refractivity contribution >= 4 is 0 Å². The van der Waals surface area contributed by atoms with Crippen LogP contribution in [0.25, 0.3) is 0 Å². The largest absolute Gasteiger partial charge is 0.306 e. The zero-order valence-corrected chi connectivity index (χ0v) is 12.0. The van der Waals surface area contributed by atoms with Crippen LogP contribution in [0.2, 0.25) is 0 Å². The van der Waals surface area contributed by atoms with Gasteiger partial charge in [-0.1, -0.05) is 6.07 Å². The Labute approximate surface area is 116 Å². The summed E-state index contributed by atoms with van der Waals surface area (Å²) in [7, 11) is 2.25. The Hall–Kier alpha value is -0.930. The number of nitrogens with zero attached hydrogens (tertiary/aromatic N) is 3. The average molecular weight is 259 g/mol. The van der Waals surface area contributed by atoms with Crippen molar-refractivity contribution in [1.29, 1.82) is 0 Å². The highest BCUT2D eigenvalue weighted by molar-refractivity contribution is 5.08. The molecule has 2 fully saturated rings. The van der Waals surface area contributed by atoms with E-state index >= 15 is 0 Å². The molecular weight excluding hydrogens is 234 g/mol. The summed E-state index contributed by atoms with van der Waals surface area (Å²) in [5.74, 6) is 1.90. The monoisotopic (exact) mass is 259 g/mol. The summed E-state index contributed by atoms with van der Waals surface area (Å²) in [5, 5.41) is 0. The van der Waals surface area contributed by atoms with Crippen LogP contribution < -0.4 is 0 Å². The Kier molecular flexibility index (Phi) is 4.14. The lowest BCUT2D eigenvalue weighted by Crippen LogP contribution is -2.34. The number of hydrogen-bond donors (Lipinski definition) is 0. The van der Waals surface area contributed by atoms with Gasteiger partial charge in [0.05, 0.1) is 0 Å². The van der Waals surface area contributed by atoms with E-state index in [0.29, 0.717) is 0 Å². The maximum absolute atomic E-state index is 4.21. The minimum Gasteiger partial charge on any atom is -0.306 e. The Morgan fingerprint density at radius 3 is 2.68 bits per heavy atom. The molecule has 1 unspecified atom stereocenters. The van der Waals surface area contributed by atoms with Gasteiger partial charge in [0.25, 0.3) is 0 Å². The summed E-state index contributed by atoms with van der Waals surface area (Å²) >= 11 is 0. The third-order valence-electron chi connectivity index (χ3n) is 4.87. The molecule has 1 atom stereocenters. The van der Waals surface area contributed by atoms with Crippen molar-refractivity contribution in [3.8, 4) is 0 Å². The first-order chi connectivity index (χ1) is 9.31. The molecule has 1 aromatic rings. The molecule has 0 aromatic carbocycles. The van der Waals surface area contributed by atoms with Crippen LogP contribution in [0.15, 0.2) is 24.5 Å². The Balaban J connectivity index is 1.50. The van der Waals surface area contributed by atoms with Crippen LogP contribution in [0.1, 0.15) is 24.8 Å². The van der Waals surface area contributed by atoms with E-state index in [2.05, 4.69) is 27.9 Å². The van der Waals surface area contributed by atoms with Crippen LogP contribution in [0.4, 0.5) is 0 Å². The van der Waals surface area contributed by atoms with Crippen molar-refractivity contribution in [3.05, 3.63) is 30.1 Å². The number of aromatic nitrogens is 1. The van der Waals surface area contributed by atoms with Gasteiger partial charge in [0, 0.05) is 25.5 Å². The number of piperidine rings is 1. The summed E-state index contributed by atoms with van der Waals surface area (Å²) in [6, 6.07) is 4.23. The summed E-state index contributed by atoms with van der Waals surface area (Å²) in [6.45, 7) is 6.24. The summed E-state index contributed by atoms with van der Waals surface area (Å²) < 4.78 is 0. The van der Waals surface area contributed by atoms with E-state index in [0.717, 1.165) is 18.4 Å². The third kappa shape index (κ3) is 3.34. The summed E-state index contributed by atoms with van der Waals surface area (Å²) in [5.41, 5.74) is 1.35. The number of likely N-dealkylation sites (tertiary alicyclic amines) is 2. The molecule has 19 heavy (non-hydrogen) atoms. The van der Waals surface area contributed by atoms with E-state index < -0.39 is 0 Å².